The number of pyridine rings is 1. The number of benzene rings is 1. The summed E-state index contributed by atoms with van der Waals surface area (Å²) in [6, 6.07) is 10.8. The van der Waals surface area contributed by atoms with Gasteiger partial charge in [-0.05, 0) is 24.3 Å². The summed E-state index contributed by atoms with van der Waals surface area (Å²) in [5.74, 6) is 0.268. The molecule has 0 spiro atoms. The van der Waals surface area contributed by atoms with Gasteiger partial charge in [0.1, 0.15) is 11.9 Å². The number of nitriles is 1. The second-order valence-corrected chi connectivity index (χ2v) is 5.84. The predicted octanol–water partition coefficient (Wildman–Crippen LogP) is 3.12. The molecule has 2 aromatic heterocycles. The molecule has 1 aliphatic heterocycles. The quantitative estimate of drug-likeness (QED) is 0.743. The lowest BCUT2D eigenvalue weighted by Gasteiger charge is -2.41. The van der Waals surface area contributed by atoms with Crippen molar-refractivity contribution in [2.75, 3.05) is 25.1 Å². The van der Waals surface area contributed by atoms with Crippen LogP contribution in [0.2, 0.25) is 0 Å². The molecule has 1 saturated heterocycles. The fraction of sp³-hybridized carbons (Fsp3) is 0.222. The summed E-state index contributed by atoms with van der Waals surface area (Å²) in [5, 5.41) is 9.94. The maximum absolute atomic E-state index is 13.5. The van der Waals surface area contributed by atoms with Gasteiger partial charge in [-0.25, -0.2) is 9.37 Å². The number of anilines is 1. The van der Waals surface area contributed by atoms with Gasteiger partial charge in [0.2, 0.25) is 5.88 Å². The molecular weight excluding hydrogens is 307 g/mol. The minimum Gasteiger partial charge on any atom is -0.481 e. The molecule has 0 saturated carbocycles. The summed E-state index contributed by atoms with van der Waals surface area (Å²) in [5.41, 5.74) is 2.44. The van der Waals surface area contributed by atoms with E-state index < -0.39 is 0 Å². The van der Waals surface area contributed by atoms with Gasteiger partial charge >= 0.3 is 0 Å². The molecule has 1 aliphatic rings. The molecule has 0 amide bonds. The molecular formula is C18H15FN4O. The first kappa shape index (κ1) is 14.5. The van der Waals surface area contributed by atoms with Crippen molar-refractivity contribution in [3.05, 3.63) is 54.1 Å². The van der Waals surface area contributed by atoms with Crippen LogP contribution in [0, 0.1) is 17.1 Å². The highest BCUT2D eigenvalue weighted by atomic mass is 19.1. The van der Waals surface area contributed by atoms with Crippen LogP contribution >= 0.6 is 0 Å². The van der Waals surface area contributed by atoms with E-state index in [9.17, 15) is 9.65 Å². The van der Waals surface area contributed by atoms with Crippen molar-refractivity contribution in [3.8, 4) is 11.9 Å². The average molecular weight is 322 g/mol. The van der Waals surface area contributed by atoms with Crippen molar-refractivity contribution in [1.29, 1.82) is 5.26 Å². The highest BCUT2D eigenvalue weighted by Gasteiger charge is 2.30. The number of methoxy groups -OCH3 is 1. The number of rotatable bonds is 3. The summed E-state index contributed by atoms with van der Waals surface area (Å²) in [6.07, 6.45) is 3.61. The highest BCUT2D eigenvalue weighted by molar-refractivity contribution is 5.86. The van der Waals surface area contributed by atoms with Crippen LogP contribution in [0.3, 0.4) is 0 Å². The molecule has 120 valence electrons. The summed E-state index contributed by atoms with van der Waals surface area (Å²) >= 11 is 0. The van der Waals surface area contributed by atoms with Crippen LogP contribution < -0.4 is 9.64 Å². The van der Waals surface area contributed by atoms with E-state index in [4.69, 9.17) is 4.74 Å². The lowest BCUT2D eigenvalue weighted by atomic mass is 10.1. The van der Waals surface area contributed by atoms with Crippen LogP contribution in [0.5, 0.6) is 5.88 Å². The van der Waals surface area contributed by atoms with Gasteiger partial charge in [-0.15, -0.1) is 0 Å². The average Bonchev–Trinajstić information content (AvgIpc) is 2.92. The standard InChI is InChI=1S/C18H15FN4O/c1-24-18-5-3-14(8-21-18)22-10-15(11-22)23-9-12(7-20)16-6-13(19)2-4-17(16)23/h2-6,8-9,15H,10-11H2,1H3. The van der Waals surface area contributed by atoms with E-state index >= 15 is 0 Å². The van der Waals surface area contributed by atoms with Gasteiger partial charge in [-0.1, -0.05) is 0 Å². The summed E-state index contributed by atoms with van der Waals surface area (Å²) < 4.78 is 20.6. The Morgan fingerprint density at radius 3 is 2.79 bits per heavy atom. The van der Waals surface area contributed by atoms with Crippen LogP contribution in [0.15, 0.2) is 42.7 Å². The van der Waals surface area contributed by atoms with Crippen LogP contribution in [0.4, 0.5) is 10.1 Å². The van der Waals surface area contributed by atoms with Crippen LogP contribution in [0.1, 0.15) is 11.6 Å². The molecule has 0 aliphatic carbocycles. The van der Waals surface area contributed by atoms with Gasteiger partial charge < -0.3 is 14.2 Å². The van der Waals surface area contributed by atoms with Crippen LogP contribution in [-0.4, -0.2) is 29.8 Å². The summed E-state index contributed by atoms with van der Waals surface area (Å²) in [7, 11) is 1.59. The Morgan fingerprint density at radius 1 is 1.29 bits per heavy atom. The number of nitrogens with zero attached hydrogens (tertiary/aromatic N) is 4. The van der Waals surface area contributed by atoms with Crippen molar-refractivity contribution in [2.24, 2.45) is 0 Å². The van der Waals surface area contributed by atoms with Gasteiger partial charge in [0, 0.05) is 36.3 Å². The number of hydrogen-bond donors (Lipinski definition) is 0. The molecule has 3 aromatic rings. The largest absolute Gasteiger partial charge is 0.481 e. The Bertz CT molecular complexity index is 936. The second-order valence-electron chi connectivity index (χ2n) is 5.84. The molecule has 24 heavy (non-hydrogen) atoms. The molecule has 6 heteroatoms. The zero-order chi connectivity index (χ0) is 16.7. The first-order chi connectivity index (χ1) is 11.7. The fourth-order valence-electron chi connectivity index (χ4n) is 3.14. The van der Waals surface area contributed by atoms with Crippen molar-refractivity contribution in [2.45, 2.75) is 6.04 Å². The number of ether oxygens (including phenoxy) is 1. The zero-order valence-electron chi connectivity index (χ0n) is 13.1. The Kier molecular flexibility index (Phi) is 3.35. The fourth-order valence-corrected chi connectivity index (χ4v) is 3.14. The molecule has 1 fully saturated rings. The predicted molar refractivity (Wildman–Crippen MR) is 88.7 cm³/mol. The van der Waals surface area contributed by atoms with E-state index in [1.54, 1.807) is 19.4 Å². The molecule has 3 heterocycles. The third-order valence-corrected chi connectivity index (χ3v) is 4.47. The maximum Gasteiger partial charge on any atom is 0.213 e. The van der Waals surface area contributed by atoms with Crippen molar-refractivity contribution < 1.29 is 9.13 Å². The van der Waals surface area contributed by atoms with Crippen molar-refractivity contribution >= 4 is 16.6 Å². The lowest BCUT2D eigenvalue weighted by Crippen LogP contribution is -2.47. The van der Waals surface area contributed by atoms with Crippen molar-refractivity contribution in [3.63, 3.8) is 0 Å². The third kappa shape index (κ3) is 2.26. The van der Waals surface area contributed by atoms with E-state index in [0.717, 1.165) is 24.3 Å². The smallest absolute Gasteiger partial charge is 0.213 e. The van der Waals surface area contributed by atoms with Gasteiger partial charge in [0.25, 0.3) is 0 Å². The number of halogens is 1. The normalized spacial score (nSPS) is 14.5. The van der Waals surface area contributed by atoms with Gasteiger partial charge in [-0.3, -0.25) is 0 Å². The molecule has 0 atom stereocenters. The van der Waals surface area contributed by atoms with E-state index in [0.29, 0.717) is 16.8 Å². The van der Waals surface area contributed by atoms with E-state index in [2.05, 4.69) is 20.5 Å². The first-order valence-electron chi connectivity index (χ1n) is 7.65. The lowest BCUT2D eigenvalue weighted by molar-refractivity contribution is 0.395. The minimum atomic E-state index is -0.323. The second kappa shape index (κ2) is 5.53. The molecule has 1 aromatic carbocycles. The maximum atomic E-state index is 13.5. The van der Waals surface area contributed by atoms with E-state index in [1.807, 2.05) is 18.3 Å². The Balaban J connectivity index is 1.58. The molecule has 4 rings (SSSR count). The summed E-state index contributed by atoms with van der Waals surface area (Å²) in [4.78, 5) is 6.43. The van der Waals surface area contributed by atoms with Crippen molar-refractivity contribution in [1.82, 2.24) is 9.55 Å². The third-order valence-electron chi connectivity index (χ3n) is 4.47. The van der Waals surface area contributed by atoms with E-state index in [1.165, 1.54) is 12.1 Å². The van der Waals surface area contributed by atoms with E-state index in [-0.39, 0.29) is 11.9 Å². The zero-order valence-corrected chi connectivity index (χ0v) is 13.1. The highest BCUT2D eigenvalue weighted by Crippen LogP contribution is 2.32. The van der Waals surface area contributed by atoms with Gasteiger partial charge in [0.05, 0.1) is 30.6 Å². The Morgan fingerprint density at radius 2 is 2.12 bits per heavy atom. The number of hydrogen-bond acceptors (Lipinski definition) is 4. The molecule has 5 nitrogen and oxygen atoms in total. The Hall–Kier alpha value is -3.07. The van der Waals surface area contributed by atoms with Gasteiger partial charge in [-0.2, -0.15) is 5.26 Å². The monoisotopic (exact) mass is 322 g/mol. The first-order valence-corrected chi connectivity index (χ1v) is 7.65. The molecule has 0 unspecified atom stereocenters. The molecule has 0 N–H and O–H groups in total. The Labute approximate surface area is 138 Å². The molecule has 0 radical (unpaired) electrons. The van der Waals surface area contributed by atoms with Crippen LogP contribution in [0.25, 0.3) is 10.9 Å². The number of fused-ring (bicyclic) bond motifs is 1. The molecule has 0 bridgehead atoms. The van der Waals surface area contributed by atoms with Crippen LogP contribution in [-0.2, 0) is 0 Å². The topological polar surface area (TPSA) is 54.1 Å². The minimum absolute atomic E-state index is 0.252. The summed E-state index contributed by atoms with van der Waals surface area (Å²) in [6.45, 7) is 1.64. The SMILES string of the molecule is COc1ccc(N2CC(n3cc(C#N)c4cc(F)ccc43)C2)cn1. The van der Waals surface area contributed by atoms with Gasteiger partial charge in [0.15, 0.2) is 0 Å². The number of aromatic nitrogens is 2.